The van der Waals surface area contributed by atoms with Crippen LogP contribution in [0, 0.1) is 17.7 Å². The van der Waals surface area contributed by atoms with E-state index in [1.165, 1.54) is 29.2 Å². The van der Waals surface area contributed by atoms with Gasteiger partial charge in [0.05, 0.1) is 16.5 Å². The minimum absolute atomic E-state index is 0.0429. The molecule has 0 aliphatic carbocycles. The average Bonchev–Trinajstić information content (AvgIpc) is 3.52. The zero-order valence-corrected chi connectivity index (χ0v) is 22.2. The quantitative estimate of drug-likeness (QED) is 0.385. The first-order valence-electron chi connectivity index (χ1n) is 12.4. The van der Waals surface area contributed by atoms with Crippen LogP contribution in [0.25, 0.3) is 0 Å². The number of carbonyl (C=O) groups excluding carboxylic acids is 3. The number of sulfone groups is 1. The molecule has 0 saturated carbocycles. The van der Waals surface area contributed by atoms with Crippen molar-refractivity contribution < 1.29 is 40.4 Å². The average molecular weight is 582 g/mol. The Hall–Kier alpha value is -3.74. The molecular weight excluding hydrogens is 554 g/mol. The van der Waals surface area contributed by atoms with Crippen LogP contribution >= 0.6 is 0 Å². The van der Waals surface area contributed by atoms with Crippen LogP contribution in [0.5, 0.6) is 0 Å². The van der Waals surface area contributed by atoms with E-state index in [2.05, 4.69) is 17.2 Å². The number of rotatable bonds is 7. The molecule has 0 bridgehead atoms. The first kappa shape index (κ1) is 29.2. The molecule has 2 aromatic carbocycles. The molecule has 0 spiro atoms. The second-order valence-electron chi connectivity index (χ2n) is 9.99. The van der Waals surface area contributed by atoms with Crippen molar-refractivity contribution in [3.05, 3.63) is 77.6 Å². The summed E-state index contributed by atoms with van der Waals surface area (Å²) in [4.78, 5) is 40.1. The maximum atomic E-state index is 15.0. The number of benzene rings is 2. The molecule has 13 heteroatoms. The van der Waals surface area contributed by atoms with Crippen molar-refractivity contribution in [2.45, 2.75) is 36.0 Å². The molecule has 0 radical (unpaired) electrons. The van der Waals surface area contributed by atoms with Crippen LogP contribution in [0.2, 0.25) is 0 Å². The number of hydrogen-bond acceptors (Lipinski definition) is 5. The summed E-state index contributed by atoms with van der Waals surface area (Å²) < 4.78 is 78.3. The first-order valence-corrected chi connectivity index (χ1v) is 14.3. The van der Waals surface area contributed by atoms with Crippen LogP contribution in [0.1, 0.15) is 40.4 Å². The Balaban J connectivity index is 1.65. The van der Waals surface area contributed by atoms with E-state index in [0.29, 0.717) is 12.1 Å². The van der Waals surface area contributed by atoms with Gasteiger partial charge in [-0.3, -0.25) is 14.4 Å². The molecule has 2 aliphatic heterocycles. The third kappa shape index (κ3) is 6.19. The minimum atomic E-state index is -4.78. The zero-order chi connectivity index (χ0) is 29.4. The van der Waals surface area contributed by atoms with Crippen molar-refractivity contribution >= 4 is 27.6 Å². The fourth-order valence-electron chi connectivity index (χ4n) is 5.06. The SMILES string of the molecule is C=C[C@@H]1C[C@H](C(=O)NC(c2ccc(C(F)(F)F)cc2F)C2CNC(=O)C2)N(C(=O)c2cccc(S(C)(=O)=O)c2)C1. The third-order valence-electron chi connectivity index (χ3n) is 7.18. The lowest BCUT2D eigenvalue weighted by atomic mass is 9.90. The van der Waals surface area contributed by atoms with Crippen molar-refractivity contribution in [2.24, 2.45) is 11.8 Å². The van der Waals surface area contributed by atoms with E-state index in [1.54, 1.807) is 6.08 Å². The highest BCUT2D eigenvalue weighted by Gasteiger charge is 2.42. The van der Waals surface area contributed by atoms with Gasteiger partial charge in [0.15, 0.2) is 9.84 Å². The van der Waals surface area contributed by atoms with Gasteiger partial charge in [0.2, 0.25) is 11.8 Å². The Kier molecular flexibility index (Phi) is 8.06. The molecule has 2 aliphatic rings. The van der Waals surface area contributed by atoms with Gasteiger partial charge in [-0.2, -0.15) is 13.2 Å². The van der Waals surface area contributed by atoms with Crippen molar-refractivity contribution in [1.82, 2.24) is 15.5 Å². The van der Waals surface area contributed by atoms with Crippen LogP contribution in [0.15, 0.2) is 60.0 Å². The van der Waals surface area contributed by atoms with Crippen molar-refractivity contribution in [3.63, 3.8) is 0 Å². The highest BCUT2D eigenvalue weighted by molar-refractivity contribution is 7.90. The second-order valence-corrected chi connectivity index (χ2v) is 12.0. The smallest absolute Gasteiger partial charge is 0.356 e. The molecule has 2 aromatic rings. The number of halogens is 4. The summed E-state index contributed by atoms with van der Waals surface area (Å²) in [6.45, 7) is 3.90. The van der Waals surface area contributed by atoms with Crippen LogP contribution in [0.3, 0.4) is 0 Å². The van der Waals surface area contributed by atoms with Crippen LogP contribution in [0.4, 0.5) is 17.6 Å². The number of likely N-dealkylation sites (tertiary alicyclic amines) is 1. The predicted octanol–water partition coefficient (Wildman–Crippen LogP) is 3.26. The number of nitrogens with one attached hydrogen (secondary N) is 2. The predicted molar refractivity (Wildman–Crippen MR) is 136 cm³/mol. The van der Waals surface area contributed by atoms with Gasteiger partial charge in [-0.1, -0.05) is 18.2 Å². The molecule has 8 nitrogen and oxygen atoms in total. The van der Waals surface area contributed by atoms with E-state index < -0.39 is 57.2 Å². The fourth-order valence-corrected chi connectivity index (χ4v) is 5.72. The largest absolute Gasteiger partial charge is 0.416 e. The Labute approximate surface area is 228 Å². The van der Waals surface area contributed by atoms with Gasteiger partial charge in [0.25, 0.3) is 5.91 Å². The molecule has 2 unspecified atom stereocenters. The Morgan fingerprint density at radius 3 is 2.50 bits per heavy atom. The van der Waals surface area contributed by atoms with Gasteiger partial charge in [0.1, 0.15) is 11.9 Å². The number of alkyl halides is 3. The molecule has 40 heavy (non-hydrogen) atoms. The molecule has 4 rings (SSSR count). The third-order valence-corrected chi connectivity index (χ3v) is 8.29. The van der Waals surface area contributed by atoms with Crippen molar-refractivity contribution in [3.8, 4) is 0 Å². The van der Waals surface area contributed by atoms with Gasteiger partial charge in [-0.05, 0) is 42.7 Å². The molecule has 2 fully saturated rings. The van der Waals surface area contributed by atoms with Gasteiger partial charge >= 0.3 is 6.18 Å². The van der Waals surface area contributed by atoms with Crippen LogP contribution in [-0.2, 0) is 25.6 Å². The van der Waals surface area contributed by atoms with Gasteiger partial charge in [0, 0.05) is 42.8 Å². The maximum Gasteiger partial charge on any atom is 0.416 e. The lowest BCUT2D eigenvalue weighted by molar-refractivity contribution is -0.137. The lowest BCUT2D eigenvalue weighted by Crippen LogP contribution is -2.48. The maximum absolute atomic E-state index is 15.0. The molecule has 0 aromatic heterocycles. The summed E-state index contributed by atoms with van der Waals surface area (Å²) in [7, 11) is -3.61. The first-order chi connectivity index (χ1) is 18.7. The normalized spacial score (nSPS) is 22.1. The van der Waals surface area contributed by atoms with Gasteiger partial charge in [-0.25, -0.2) is 12.8 Å². The molecule has 2 heterocycles. The summed E-state index contributed by atoms with van der Waals surface area (Å²) >= 11 is 0. The Bertz CT molecular complexity index is 1460. The van der Waals surface area contributed by atoms with E-state index in [-0.39, 0.29) is 53.8 Å². The second kappa shape index (κ2) is 11.0. The number of nitrogens with zero attached hydrogens (tertiary/aromatic N) is 1. The zero-order valence-electron chi connectivity index (χ0n) is 21.4. The van der Waals surface area contributed by atoms with E-state index >= 15 is 4.39 Å². The summed E-state index contributed by atoms with van der Waals surface area (Å²) in [5, 5.41) is 5.26. The number of amides is 3. The standard InChI is InChI=1S/C27H27F4N3O5S/c1-3-15-9-22(34(14-15)26(37)16-5-4-6-19(10-16)40(2,38)39)25(36)33-24(17-11-23(35)32-13-17)20-8-7-18(12-21(20)28)27(29,30)31/h3-8,10,12,15,17,22,24H,1,9,11,13-14H2,2H3,(H,32,35)(H,33,36)/t15-,17?,22-,24?/m1/s1. The highest BCUT2D eigenvalue weighted by atomic mass is 32.2. The molecule has 3 amide bonds. The molecule has 214 valence electrons. The van der Waals surface area contributed by atoms with E-state index in [4.69, 9.17) is 0 Å². The van der Waals surface area contributed by atoms with Crippen molar-refractivity contribution in [2.75, 3.05) is 19.3 Å². The highest BCUT2D eigenvalue weighted by Crippen LogP contribution is 2.35. The van der Waals surface area contributed by atoms with E-state index in [0.717, 1.165) is 12.3 Å². The van der Waals surface area contributed by atoms with Crippen LogP contribution < -0.4 is 10.6 Å². The number of hydrogen-bond donors (Lipinski definition) is 2. The summed E-state index contributed by atoms with van der Waals surface area (Å²) in [6, 6.07) is 5.13. The molecule has 2 saturated heterocycles. The molecule has 2 N–H and O–H groups in total. The van der Waals surface area contributed by atoms with E-state index in [1.807, 2.05) is 0 Å². The minimum Gasteiger partial charge on any atom is -0.356 e. The Morgan fingerprint density at radius 2 is 1.93 bits per heavy atom. The molecular formula is C27H27F4N3O5S. The van der Waals surface area contributed by atoms with Crippen molar-refractivity contribution in [1.29, 1.82) is 0 Å². The van der Waals surface area contributed by atoms with Gasteiger partial charge < -0.3 is 15.5 Å². The van der Waals surface area contributed by atoms with Crippen LogP contribution in [-0.4, -0.2) is 56.4 Å². The number of carbonyl (C=O) groups is 3. The lowest BCUT2D eigenvalue weighted by Gasteiger charge is -2.29. The topological polar surface area (TPSA) is 113 Å². The molecule has 4 atom stereocenters. The summed E-state index contributed by atoms with van der Waals surface area (Å²) in [6.07, 6.45) is -2.13. The summed E-state index contributed by atoms with van der Waals surface area (Å²) in [5.41, 5.74) is -1.38. The Morgan fingerprint density at radius 1 is 1.20 bits per heavy atom. The monoisotopic (exact) mass is 581 g/mol. The van der Waals surface area contributed by atoms with E-state index in [9.17, 15) is 36.0 Å². The fraction of sp³-hybridized carbons (Fsp3) is 0.370. The van der Waals surface area contributed by atoms with Gasteiger partial charge in [-0.15, -0.1) is 6.58 Å². The summed E-state index contributed by atoms with van der Waals surface area (Å²) in [5.74, 6) is -3.79.